The van der Waals surface area contributed by atoms with E-state index in [9.17, 15) is 18.0 Å². The number of carbonyl (C=O) groups is 2. The Balaban J connectivity index is 1.58. The molecule has 1 aromatic rings. The molecular formula is C18H24N2O6S. The fourth-order valence-electron chi connectivity index (χ4n) is 3.00. The third-order valence-electron chi connectivity index (χ3n) is 4.70. The molecule has 9 heteroatoms. The van der Waals surface area contributed by atoms with Crippen LogP contribution in [0.5, 0.6) is 5.75 Å². The molecule has 1 saturated carbocycles. The van der Waals surface area contributed by atoms with Crippen LogP contribution in [-0.2, 0) is 24.3 Å². The zero-order valence-electron chi connectivity index (χ0n) is 15.2. The van der Waals surface area contributed by atoms with E-state index in [0.29, 0.717) is 25.1 Å². The van der Waals surface area contributed by atoms with Gasteiger partial charge in [0.2, 0.25) is 10.0 Å². The van der Waals surface area contributed by atoms with Gasteiger partial charge >= 0.3 is 5.97 Å². The molecule has 1 saturated heterocycles. The van der Waals surface area contributed by atoms with Crippen LogP contribution in [0.15, 0.2) is 29.2 Å². The second-order valence-corrected chi connectivity index (χ2v) is 8.77. The van der Waals surface area contributed by atoms with Crippen LogP contribution >= 0.6 is 0 Å². The molecule has 1 unspecified atom stereocenters. The number of rotatable bonds is 7. The summed E-state index contributed by atoms with van der Waals surface area (Å²) in [4.78, 5) is 24.0. The molecule has 1 aliphatic heterocycles. The molecule has 148 valence electrons. The molecule has 1 aliphatic carbocycles. The van der Waals surface area contributed by atoms with E-state index in [1.807, 2.05) is 0 Å². The number of hydrogen-bond acceptors (Lipinski definition) is 6. The van der Waals surface area contributed by atoms with Crippen molar-refractivity contribution in [1.29, 1.82) is 0 Å². The van der Waals surface area contributed by atoms with E-state index in [1.54, 1.807) is 12.1 Å². The highest BCUT2D eigenvalue weighted by molar-refractivity contribution is 7.89. The number of ether oxygens (including phenoxy) is 2. The van der Waals surface area contributed by atoms with Crippen LogP contribution in [-0.4, -0.2) is 57.4 Å². The molecule has 1 heterocycles. The zero-order valence-corrected chi connectivity index (χ0v) is 16.0. The Morgan fingerprint density at radius 2 is 1.89 bits per heavy atom. The summed E-state index contributed by atoms with van der Waals surface area (Å²) in [6, 6.07) is 6.34. The molecule has 2 fully saturated rings. The summed E-state index contributed by atoms with van der Waals surface area (Å²) < 4.78 is 37.1. The standard InChI is InChI=1S/C18H24N2O6S/c1-25-15-6-8-16(9-7-15)27(23,24)20-10-2-3-13(11-20)18(22)26-12-17(21)19-14-4-5-14/h6-9,13-14H,2-5,10-12H2,1H3,(H,19,21). The Kier molecular flexibility index (Phi) is 6.01. The molecular weight excluding hydrogens is 372 g/mol. The normalized spacial score (nSPS) is 20.7. The highest BCUT2D eigenvalue weighted by atomic mass is 32.2. The highest BCUT2D eigenvalue weighted by Crippen LogP contribution is 2.25. The maximum absolute atomic E-state index is 12.8. The number of piperidine rings is 1. The van der Waals surface area contributed by atoms with Crippen molar-refractivity contribution in [2.24, 2.45) is 5.92 Å². The summed E-state index contributed by atoms with van der Waals surface area (Å²) >= 11 is 0. The van der Waals surface area contributed by atoms with Gasteiger partial charge < -0.3 is 14.8 Å². The lowest BCUT2D eigenvalue weighted by molar-refractivity contribution is -0.153. The van der Waals surface area contributed by atoms with E-state index in [0.717, 1.165) is 12.8 Å². The van der Waals surface area contributed by atoms with Gasteiger partial charge in [-0.25, -0.2) is 8.42 Å². The summed E-state index contributed by atoms with van der Waals surface area (Å²) in [7, 11) is -2.19. The zero-order chi connectivity index (χ0) is 19.4. The van der Waals surface area contributed by atoms with Gasteiger partial charge in [-0.15, -0.1) is 0 Å². The molecule has 2 aliphatic rings. The van der Waals surface area contributed by atoms with Gasteiger partial charge in [0.05, 0.1) is 17.9 Å². The number of carbonyl (C=O) groups excluding carboxylic acids is 2. The number of nitrogens with zero attached hydrogens (tertiary/aromatic N) is 1. The van der Waals surface area contributed by atoms with E-state index in [-0.39, 0.29) is 30.0 Å². The van der Waals surface area contributed by atoms with Crippen molar-refractivity contribution < 1.29 is 27.5 Å². The minimum atomic E-state index is -3.70. The Morgan fingerprint density at radius 1 is 1.19 bits per heavy atom. The predicted octanol–water partition coefficient (Wildman–Crippen LogP) is 0.918. The van der Waals surface area contributed by atoms with Crippen molar-refractivity contribution in [1.82, 2.24) is 9.62 Å². The topological polar surface area (TPSA) is 102 Å². The average molecular weight is 396 g/mol. The van der Waals surface area contributed by atoms with Crippen molar-refractivity contribution in [3.05, 3.63) is 24.3 Å². The van der Waals surface area contributed by atoms with Crippen molar-refractivity contribution in [3.63, 3.8) is 0 Å². The summed E-state index contributed by atoms with van der Waals surface area (Å²) in [5.74, 6) is -0.848. The Morgan fingerprint density at radius 3 is 2.52 bits per heavy atom. The van der Waals surface area contributed by atoms with Gasteiger partial charge in [-0.05, 0) is 49.9 Å². The third kappa shape index (κ3) is 4.98. The summed E-state index contributed by atoms with van der Waals surface area (Å²) in [6.45, 7) is 0.0782. The summed E-state index contributed by atoms with van der Waals surface area (Å²) in [5, 5.41) is 2.74. The van der Waals surface area contributed by atoms with Crippen LogP contribution in [0.2, 0.25) is 0 Å². The van der Waals surface area contributed by atoms with Crippen LogP contribution in [0.3, 0.4) is 0 Å². The van der Waals surface area contributed by atoms with Crippen LogP contribution in [0, 0.1) is 5.92 Å². The number of sulfonamides is 1. The lowest BCUT2D eigenvalue weighted by Crippen LogP contribution is -2.43. The van der Waals surface area contributed by atoms with Gasteiger partial charge in [-0.2, -0.15) is 4.31 Å². The van der Waals surface area contributed by atoms with E-state index in [1.165, 1.54) is 23.5 Å². The Labute approximate surface area is 158 Å². The van der Waals surface area contributed by atoms with E-state index in [2.05, 4.69) is 5.32 Å². The predicted molar refractivity (Wildman–Crippen MR) is 96.6 cm³/mol. The van der Waals surface area contributed by atoms with Gasteiger partial charge in [-0.1, -0.05) is 0 Å². The minimum Gasteiger partial charge on any atom is -0.497 e. The van der Waals surface area contributed by atoms with Gasteiger partial charge in [0.1, 0.15) is 5.75 Å². The van der Waals surface area contributed by atoms with Crippen molar-refractivity contribution in [2.45, 2.75) is 36.6 Å². The lowest BCUT2D eigenvalue weighted by Gasteiger charge is -2.30. The molecule has 0 spiro atoms. The Hall–Kier alpha value is -2.13. The van der Waals surface area contributed by atoms with Gasteiger partial charge in [-0.3, -0.25) is 9.59 Å². The number of nitrogens with one attached hydrogen (secondary N) is 1. The van der Waals surface area contributed by atoms with Gasteiger partial charge in [0.15, 0.2) is 6.61 Å². The number of methoxy groups -OCH3 is 1. The third-order valence-corrected chi connectivity index (χ3v) is 6.58. The largest absolute Gasteiger partial charge is 0.497 e. The quantitative estimate of drug-likeness (QED) is 0.688. The fourth-order valence-corrected chi connectivity index (χ4v) is 4.53. The molecule has 3 rings (SSSR count). The lowest BCUT2D eigenvalue weighted by atomic mass is 10.00. The molecule has 1 atom stereocenters. The van der Waals surface area contributed by atoms with Crippen molar-refractivity contribution >= 4 is 21.9 Å². The maximum atomic E-state index is 12.8. The van der Waals surface area contributed by atoms with Crippen molar-refractivity contribution in [2.75, 3.05) is 26.8 Å². The van der Waals surface area contributed by atoms with E-state index >= 15 is 0 Å². The molecule has 8 nitrogen and oxygen atoms in total. The second kappa shape index (κ2) is 8.26. The highest BCUT2D eigenvalue weighted by Gasteiger charge is 2.34. The van der Waals surface area contributed by atoms with E-state index < -0.39 is 21.9 Å². The number of esters is 1. The smallest absolute Gasteiger partial charge is 0.310 e. The molecule has 1 N–H and O–H groups in total. The first kappa shape index (κ1) is 19.6. The first-order valence-electron chi connectivity index (χ1n) is 9.00. The molecule has 1 aromatic carbocycles. The Bertz CT molecular complexity index is 789. The summed E-state index contributed by atoms with van der Waals surface area (Å²) in [6.07, 6.45) is 3.02. The molecule has 0 bridgehead atoms. The number of amides is 1. The van der Waals surface area contributed by atoms with Crippen molar-refractivity contribution in [3.8, 4) is 5.75 Å². The molecule has 1 amide bonds. The molecule has 27 heavy (non-hydrogen) atoms. The van der Waals surface area contributed by atoms with Crippen LogP contribution < -0.4 is 10.1 Å². The SMILES string of the molecule is COc1ccc(S(=O)(=O)N2CCCC(C(=O)OCC(=O)NC3CC3)C2)cc1. The second-order valence-electron chi connectivity index (χ2n) is 6.83. The fraction of sp³-hybridized carbons (Fsp3) is 0.556. The van der Waals surface area contributed by atoms with Crippen LogP contribution in [0.25, 0.3) is 0 Å². The van der Waals surface area contributed by atoms with Gasteiger partial charge in [0, 0.05) is 19.1 Å². The first-order valence-corrected chi connectivity index (χ1v) is 10.4. The molecule has 0 radical (unpaired) electrons. The first-order chi connectivity index (χ1) is 12.9. The minimum absolute atomic E-state index is 0.0530. The number of benzene rings is 1. The molecule has 0 aromatic heterocycles. The monoisotopic (exact) mass is 396 g/mol. The average Bonchev–Trinajstić information content (AvgIpc) is 3.50. The van der Waals surface area contributed by atoms with Gasteiger partial charge in [0.25, 0.3) is 5.91 Å². The van der Waals surface area contributed by atoms with Crippen LogP contribution in [0.1, 0.15) is 25.7 Å². The maximum Gasteiger partial charge on any atom is 0.310 e. The van der Waals surface area contributed by atoms with Crippen LogP contribution in [0.4, 0.5) is 0 Å². The number of hydrogen-bond donors (Lipinski definition) is 1. The summed E-state index contributed by atoms with van der Waals surface area (Å²) in [5.41, 5.74) is 0. The van der Waals surface area contributed by atoms with E-state index in [4.69, 9.17) is 9.47 Å².